The van der Waals surface area contributed by atoms with Crippen molar-refractivity contribution in [3.8, 4) is 0 Å². The predicted octanol–water partition coefficient (Wildman–Crippen LogP) is 4.07. The molecule has 0 bridgehead atoms. The summed E-state index contributed by atoms with van der Waals surface area (Å²) in [6.45, 7) is 13.7. The fourth-order valence-corrected chi connectivity index (χ4v) is 4.45. The zero-order valence-corrected chi connectivity index (χ0v) is 17.5. The van der Waals surface area contributed by atoms with E-state index in [1.54, 1.807) is 0 Å². The number of rotatable bonds is 5. The van der Waals surface area contributed by atoms with Gasteiger partial charge in [-0.15, -0.1) is 0 Å². The van der Waals surface area contributed by atoms with Crippen LogP contribution in [0.5, 0.6) is 0 Å². The number of methoxy groups -OCH3 is 1. The Morgan fingerprint density at radius 2 is 1.88 bits per heavy atom. The third kappa shape index (κ3) is 5.15. The topological polar surface area (TPSA) is 38.8 Å². The van der Waals surface area contributed by atoms with E-state index >= 15 is 0 Å². The molecule has 5 heteroatoms. The molecule has 1 aliphatic rings. The first-order valence-corrected chi connectivity index (χ1v) is 12.1. The second-order valence-corrected chi connectivity index (χ2v) is 13.3. The lowest BCUT2D eigenvalue weighted by Gasteiger charge is -2.44. The van der Waals surface area contributed by atoms with Gasteiger partial charge in [0.05, 0.1) is 19.1 Å². The number of carbonyl (C=O) groups excluding carboxylic acids is 1. The molecule has 0 amide bonds. The summed E-state index contributed by atoms with van der Waals surface area (Å²) in [5, 5.41) is 0.134. The van der Waals surface area contributed by atoms with E-state index in [1.807, 2.05) is 6.07 Å². The van der Waals surface area contributed by atoms with Crippen molar-refractivity contribution in [1.29, 1.82) is 0 Å². The normalized spacial score (nSPS) is 22.6. The molecule has 1 aliphatic heterocycles. The van der Waals surface area contributed by atoms with Crippen LogP contribution < -0.4 is 0 Å². The standard InChI is InChI=1S/C20H33NO3Si/c1-20(2,3)25(5,6)24-18-12-13-21(15-17(18)19(22)23-4)14-16-10-8-7-9-11-16/h7-11,17-18H,12-15H2,1-6H3/t17-,18-/m1/s1. The Balaban J connectivity index is 2.09. The first-order chi connectivity index (χ1) is 11.6. The molecule has 0 unspecified atom stereocenters. The second-order valence-electron chi connectivity index (χ2n) is 8.56. The van der Waals surface area contributed by atoms with Crippen LogP contribution in [0.3, 0.4) is 0 Å². The average molecular weight is 364 g/mol. The Kier molecular flexibility index (Phi) is 6.46. The Hall–Kier alpha value is -1.17. The number of ether oxygens (including phenoxy) is 1. The minimum atomic E-state index is -1.92. The summed E-state index contributed by atoms with van der Waals surface area (Å²) in [6, 6.07) is 10.4. The minimum Gasteiger partial charge on any atom is -0.469 e. The third-order valence-corrected chi connectivity index (χ3v) is 10.1. The Labute approximate surface area is 153 Å². The molecule has 0 saturated carbocycles. The molecule has 25 heavy (non-hydrogen) atoms. The molecule has 4 nitrogen and oxygen atoms in total. The summed E-state index contributed by atoms with van der Waals surface area (Å²) in [4.78, 5) is 14.7. The maximum atomic E-state index is 12.4. The number of hydrogen-bond acceptors (Lipinski definition) is 4. The number of likely N-dealkylation sites (tertiary alicyclic amines) is 1. The highest BCUT2D eigenvalue weighted by Crippen LogP contribution is 2.39. The van der Waals surface area contributed by atoms with Gasteiger partial charge in [-0.1, -0.05) is 51.1 Å². The predicted molar refractivity (Wildman–Crippen MR) is 104 cm³/mol. The van der Waals surface area contributed by atoms with E-state index in [2.05, 4.69) is 63.0 Å². The van der Waals surface area contributed by atoms with Gasteiger partial charge in [-0.25, -0.2) is 0 Å². The molecule has 1 aromatic rings. The molecule has 1 heterocycles. The minimum absolute atomic E-state index is 0.0413. The van der Waals surface area contributed by atoms with Crippen LogP contribution >= 0.6 is 0 Å². The van der Waals surface area contributed by atoms with Crippen molar-refractivity contribution in [2.75, 3.05) is 20.2 Å². The van der Waals surface area contributed by atoms with Crippen LogP contribution in [0.1, 0.15) is 32.8 Å². The fraction of sp³-hybridized carbons (Fsp3) is 0.650. The second kappa shape index (κ2) is 8.02. The van der Waals surface area contributed by atoms with Crippen LogP contribution in [-0.4, -0.2) is 45.5 Å². The lowest BCUT2D eigenvalue weighted by atomic mass is 9.94. The van der Waals surface area contributed by atoms with Gasteiger partial charge in [0.25, 0.3) is 0 Å². The smallest absolute Gasteiger partial charge is 0.312 e. The molecule has 0 aliphatic carbocycles. The lowest BCUT2D eigenvalue weighted by molar-refractivity contribution is -0.152. The van der Waals surface area contributed by atoms with Gasteiger partial charge in [-0.3, -0.25) is 9.69 Å². The molecule has 2 rings (SSSR count). The SMILES string of the molecule is COC(=O)[C@@H]1CN(Cc2ccccc2)CC[C@H]1O[Si](C)(C)C(C)(C)C. The maximum Gasteiger partial charge on any atom is 0.312 e. The van der Waals surface area contributed by atoms with Gasteiger partial charge in [0.2, 0.25) is 0 Å². The number of benzene rings is 1. The van der Waals surface area contributed by atoms with Gasteiger partial charge in [0.15, 0.2) is 8.32 Å². The molecule has 1 saturated heterocycles. The van der Waals surface area contributed by atoms with Crippen LogP contribution in [-0.2, 0) is 20.5 Å². The van der Waals surface area contributed by atoms with Gasteiger partial charge >= 0.3 is 5.97 Å². The molecule has 2 atom stereocenters. The zero-order chi connectivity index (χ0) is 18.7. The number of esters is 1. The van der Waals surface area contributed by atoms with Crippen LogP contribution in [0.4, 0.5) is 0 Å². The highest BCUT2D eigenvalue weighted by Gasteiger charge is 2.44. The van der Waals surface area contributed by atoms with E-state index in [-0.39, 0.29) is 23.0 Å². The van der Waals surface area contributed by atoms with Crippen molar-refractivity contribution in [3.05, 3.63) is 35.9 Å². The van der Waals surface area contributed by atoms with Crippen LogP contribution in [0.15, 0.2) is 30.3 Å². The highest BCUT2D eigenvalue weighted by atomic mass is 28.4. The third-order valence-electron chi connectivity index (χ3n) is 5.64. The molecule has 1 aromatic carbocycles. The van der Waals surface area contributed by atoms with Gasteiger partial charge < -0.3 is 9.16 Å². The first kappa shape index (κ1) is 20.1. The highest BCUT2D eigenvalue weighted by molar-refractivity contribution is 6.74. The summed E-state index contributed by atoms with van der Waals surface area (Å²) in [7, 11) is -0.441. The number of nitrogens with zero attached hydrogens (tertiary/aromatic N) is 1. The molecule has 0 radical (unpaired) electrons. The van der Waals surface area contributed by atoms with Gasteiger partial charge in [0, 0.05) is 19.6 Å². The number of carbonyl (C=O) groups is 1. The Morgan fingerprint density at radius 3 is 2.44 bits per heavy atom. The van der Waals surface area contributed by atoms with Gasteiger partial charge in [-0.2, -0.15) is 0 Å². The maximum absolute atomic E-state index is 12.4. The van der Waals surface area contributed by atoms with Gasteiger partial charge in [-0.05, 0) is 30.1 Å². The zero-order valence-electron chi connectivity index (χ0n) is 16.5. The summed E-state index contributed by atoms with van der Waals surface area (Å²) >= 11 is 0. The van der Waals surface area contributed by atoms with Crippen molar-refractivity contribution < 1.29 is 14.0 Å². The number of hydrogen-bond donors (Lipinski definition) is 0. The van der Waals surface area contributed by atoms with Crippen molar-refractivity contribution in [3.63, 3.8) is 0 Å². The molecular weight excluding hydrogens is 330 g/mol. The van der Waals surface area contributed by atoms with Crippen molar-refractivity contribution in [2.24, 2.45) is 5.92 Å². The summed E-state index contributed by atoms with van der Waals surface area (Å²) in [6.07, 6.45) is 0.833. The largest absolute Gasteiger partial charge is 0.469 e. The molecule has 1 fully saturated rings. The monoisotopic (exact) mass is 363 g/mol. The van der Waals surface area contributed by atoms with Crippen LogP contribution in [0.25, 0.3) is 0 Å². The average Bonchev–Trinajstić information content (AvgIpc) is 2.55. The van der Waals surface area contributed by atoms with Crippen molar-refractivity contribution >= 4 is 14.3 Å². The van der Waals surface area contributed by atoms with E-state index in [0.717, 1.165) is 19.5 Å². The summed E-state index contributed by atoms with van der Waals surface area (Å²) < 4.78 is 11.7. The molecule has 140 valence electrons. The van der Waals surface area contributed by atoms with E-state index in [4.69, 9.17) is 9.16 Å². The summed E-state index contributed by atoms with van der Waals surface area (Å²) in [5.74, 6) is -0.363. The van der Waals surface area contributed by atoms with E-state index in [9.17, 15) is 4.79 Å². The Bertz CT molecular complexity index is 568. The van der Waals surface area contributed by atoms with Gasteiger partial charge in [0.1, 0.15) is 0 Å². The molecular formula is C20H33NO3Si. The summed E-state index contributed by atoms with van der Waals surface area (Å²) in [5.41, 5.74) is 1.27. The van der Waals surface area contributed by atoms with Crippen LogP contribution in [0, 0.1) is 5.92 Å². The van der Waals surface area contributed by atoms with E-state index in [0.29, 0.717) is 6.54 Å². The van der Waals surface area contributed by atoms with Crippen molar-refractivity contribution in [2.45, 2.75) is 58.0 Å². The molecule has 0 spiro atoms. The molecule has 0 aromatic heterocycles. The first-order valence-electron chi connectivity index (χ1n) is 9.16. The van der Waals surface area contributed by atoms with E-state index in [1.165, 1.54) is 12.7 Å². The van der Waals surface area contributed by atoms with Crippen molar-refractivity contribution in [1.82, 2.24) is 4.90 Å². The number of piperidine rings is 1. The fourth-order valence-electron chi connectivity index (χ4n) is 3.06. The van der Waals surface area contributed by atoms with Crippen LogP contribution in [0.2, 0.25) is 18.1 Å². The Morgan fingerprint density at radius 1 is 1.24 bits per heavy atom. The van der Waals surface area contributed by atoms with E-state index < -0.39 is 8.32 Å². The quantitative estimate of drug-likeness (QED) is 0.584. The lowest BCUT2D eigenvalue weighted by Crippen LogP contribution is -2.53. The molecule has 0 N–H and O–H groups in total.